The van der Waals surface area contributed by atoms with Gasteiger partial charge in [0.05, 0.1) is 25.6 Å². The van der Waals surface area contributed by atoms with Crippen molar-refractivity contribution in [1.29, 1.82) is 0 Å². The summed E-state index contributed by atoms with van der Waals surface area (Å²) >= 11 is 4.67. The number of ether oxygens (including phenoxy) is 2. The van der Waals surface area contributed by atoms with Gasteiger partial charge in [0, 0.05) is 16.6 Å². The van der Waals surface area contributed by atoms with Gasteiger partial charge in [0.15, 0.2) is 11.5 Å². The smallest absolute Gasteiger partial charge is 0.266 e. The molecular weight excluding hydrogens is 344 g/mol. The molecule has 2 aromatic rings. The first-order chi connectivity index (χ1) is 9.56. The summed E-state index contributed by atoms with van der Waals surface area (Å²) in [6.07, 6.45) is 0. The maximum absolute atomic E-state index is 12.1. The fourth-order valence-electron chi connectivity index (χ4n) is 1.64. The molecule has 0 saturated carbocycles. The summed E-state index contributed by atoms with van der Waals surface area (Å²) in [4.78, 5) is 12.7. The van der Waals surface area contributed by atoms with Gasteiger partial charge in [0.1, 0.15) is 4.88 Å². The topological polar surface area (TPSA) is 73.6 Å². The largest absolute Gasteiger partial charge is 0.493 e. The number of halogens is 1. The Labute approximate surface area is 128 Å². The lowest BCUT2D eigenvalue weighted by atomic mass is 10.2. The fourth-order valence-corrected chi connectivity index (χ4v) is 3.08. The van der Waals surface area contributed by atoms with Crippen molar-refractivity contribution in [3.63, 3.8) is 0 Å². The van der Waals surface area contributed by atoms with Crippen LogP contribution in [0.25, 0.3) is 0 Å². The summed E-state index contributed by atoms with van der Waals surface area (Å²) < 4.78 is 11.1. The van der Waals surface area contributed by atoms with Gasteiger partial charge >= 0.3 is 0 Å². The molecule has 0 atom stereocenters. The number of hydrogen-bond donors (Lipinski definition) is 2. The molecule has 0 saturated heterocycles. The van der Waals surface area contributed by atoms with Crippen molar-refractivity contribution < 1.29 is 14.3 Å². The number of hydrogen-bond acceptors (Lipinski definition) is 5. The zero-order chi connectivity index (χ0) is 14.7. The molecule has 0 fully saturated rings. The lowest BCUT2D eigenvalue weighted by Crippen LogP contribution is -2.12. The molecule has 0 spiro atoms. The molecule has 0 bridgehead atoms. The van der Waals surface area contributed by atoms with Crippen LogP contribution in [0, 0.1) is 0 Å². The maximum atomic E-state index is 12.1. The minimum absolute atomic E-state index is 0.231. The number of methoxy groups -OCH3 is 2. The Morgan fingerprint density at radius 3 is 2.50 bits per heavy atom. The molecule has 1 aromatic carbocycles. The van der Waals surface area contributed by atoms with Crippen LogP contribution in [0.4, 0.5) is 11.4 Å². The molecule has 0 aliphatic heterocycles. The highest BCUT2D eigenvalue weighted by atomic mass is 79.9. The van der Waals surface area contributed by atoms with E-state index < -0.39 is 0 Å². The SMILES string of the molecule is COc1cc(N)c(NC(=O)c2sccc2Br)cc1OC. The van der Waals surface area contributed by atoms with Crippen LogP contribution >= 0.6 is 27.3 Å². The van der Waals surface area contributed by atoms with Crippen molar-refractivity contribution in [3.8, 4) is 11.5 Å². The molecule has 1 aromatic heterocycles. The second-order valence-corrected chi connectivity index (χ2v) is 5.62. The van der Waals surface area contributed by atoms with Crippen LogP contribution in [0.5, 0.6) is 11.5 Å². The van der Waals surface area contributed by atoms with Gasteiger partial charge in [-0.15, -0.1) is 11.3 Å². The summed E-state index contributed by atoms with van der Waals surface area (Å²) in [5.74, 6) is 0.786. The standard InChI is InChI=1S/C13H13BrN2O3S/c1-18-10-5-8(15)9(6-11(10)19-2)16-13(17)12-7(14)3-4-20-12/h3-6H,15H2,1-2H3,(H,16,17). The zero-order valence-corrected chi connectivity index (χ0v) is 13.3. The Morgan fingerprint density at radius 1 is 1.30 bits per heavy atom. The Hall–Kier alpha value is -1.73. The van der Waals surface area contributed by atoms with E-state index in [0.29, 0.717) is 27.8 Å². The van der Waals surface area contributed by atoms with Gasteiger partial charge in [-0.3, -0.25) is 4.79 Å². The molecule has 0 aliphatic carbocycles. The quantitative estimate of drug-likeness (QED) is 0.823. The van der Waals surface area contributed by atoms with Crippen molar-refractivity contribution in [3.05, 3.63) is 32.9 Å². The molecular formula is C13H13BrN2O3S. The van der Waals surface area contributed by atoms with Crippen LogP contribution < -0.4 is 20.5 Å². The van der Waals surface area contributed by atoms with Crippen molar-refractivity contribution in [1.82, 2.24) is 0 Å². The molecule has 0 radical (unpaired) electrons. The monoisotopic (exact) mass is 356 g/mol. The number of nitrogen functional groups attached to an aromatic ring is 1. The van der Waals surface area contributed by atoms with Crippen LogP contribution in [-0.4, -0.2) is 20.1 Å². The van der Waals surface area contributed by atoms with E-state index in [1.807, 2.05) is 11.4 Å². The summed E-state index contributed by atoms with van der Waals surface area (Å²) in [5.41, 5.74) is 6.79. The highest BCUT2D eigenvalue weighted by Crippen LogP contribution is 2.35. The molecule has 7 heteroatoms. The number of anilines is 2. The molecule has 5 nitrogen and oxygen atoms in total. The predicted octanol–water partition coefficient (Wildman–Crippen LogP) is 3.36. The van der Waals surface area contributed by atoms with Crippen molar-refractivity contribution in [2.24, 2.45) is 0 Å². The Morgan fingerprint density at radius 2 is 1.95 bits per heavy atom. The highest BCUT2D eigenvalue weighted by molar-refractivity contribution is 9.10. The number of carbonyl (C=O) groups is 1. The first-order valence-electron chi connectivity index (χ1n) is 5.62. The van der Waals surface area contributed by atoms with E-state index in [2.05, 4.69) is 21.2 Å². The van der Waals surface area contributed by atoms with Gasteiger partial charge in [-0.2, -0.15) is 0 Å². The third-order valence-electron chi connectivity index (χ3n) is 2.63. The third-order valence-corrected chi connectivity index (χ3v) is 4.46. The highest BCUT2D eigenvalue weighted by Gasteiger charge is 2.15. The number of nitrogens with two attached hydrogens (primary N) is 1. The van der Waals surface area contributed by atoms with Gasteiger partial charge in [-0.05, 0) is 27.4 Å². The first kappa shape index (κ1) is 14.7. The number of nitrogens with one attached hydrogen (secondary N) is 1. The third kappa shape index (κ3) is 2.88. The zero-order valence-electron chi connectivity index (χ0n) is 10.9. The van der Waals surface area contributed by atoms with Crippen molar-refractivity contribution in [2.45, 2.75) is 0 Å². The fraction of sp³-hybridized carbons (Fsp3) is 0.154. The van der Waals surface area contributed by atoms with E-state index in [0.717, 1.165) is 4.47 Å². The molecule has 0 unspecified atom stereocenters. The number of rotatable bonds is 4. The van der Waals surface area contributed by atoms with Gasteiger partial charge in [0.2, 0.25) is 0 Å². The van der Waals surface area contributed by atoms with Crippen molar-refractivity contribution >= 4 is 44.5 Å². The predicted molar refractivity (Wildman–Crippen MR) is 83.9 cm³/mol. The summed E-state index contributed by atoms with van der Waals surface area (Å²) in [5, 5.41) is 4.59. The number of thiophene rings is 1. The Balaban J connectivity index is 2.30. The average Bonchev–Trinajstić information content (AvgIpc) is 2.86. The molecule has 3 N–H and O–H groups in total. The van der Waals surface area contributed by atoms with E-state index in [9.17, 15) is 4.79 Å². The minimum Gasteiger partial charge on any atom is -0.493 e. The van der Waals surface area contributed by atoms with Gasteiger partial charge in [-0.1, -0.05) is 0 Å². The molecule has 106 valence electrons. The van der Waals surface area contributed by atoms with Crippen LogP contribution in [0.1, 0.15) is 9.67 Å². The maximum Gasteiger partial charge on any atom is 0.266 e. The molecule has 1 amide bonds. The second-order valence-electron chi connectivity index (χ2n) is 3.85. The lowest BCUT2D eigenvalue weighted by molar-refractivity contribution is 0.103. The van der Waals surface area contributed by atoms with Crippen molar-refractivity contribution in [2.75, 3.05) is 25.3 Å². The molecule has 1 heterocycles. The first-order valence-corrected chi connectivity index (χ1v) is 7.30. The Bertz CT molecular complexity index is 643. The Kier molecular flexibility index (Phi) is 4.51. The molecule has 2 rings (SSSR count). The number of carbonyl (C=O) groups excluding carboxylic acids is 1. The second kappa shape index (κ2) is 6.15. The number of amides is 1. The lowest BCUT2D eigenvalue weighted by Gasteiger charge is -2.13. The number of benzene rings is 1. The van der Waals surface area contributed by atoms with E-state index in [4.69, 9.17) is 15.2 Å². The van der Waals surface area contributed by atoms with Crippen LogP contribution in [-0.2, 0) is 0 Å². The van der Waals surface area contributed by atoms with E-state index in [1.165, 1.54) is 25.6 Å². The molecule has 20 heavy (non-hydrogen) atoms. The average molecular weight is 357 g/mol. The van der Waals surface area contributed by atoms with E-state index in [-0.39, 0.29) is 5.91 Å². The normalized spacial score (nSPS) is 10.2. The van der Waals surface area contributed by atoms with Crippen LogP contribution in [0.3, 0.4) is 0 Å². The van der Waals surface area contributed by atoms with Gasteiger partial charge < -0.3 is 20.5 Å². The minimum atomic E-state index is -0.231. The summed E-state index contributed by atoms with van der Waals surface area (Å²) in [7, 11) is 3.05. The van der Waals surface area contributed by atoms with Crippen LogP contribution in [0.15, 0.2) is 28.1 Å². The van der Waals surface area contributed by atoms with Gasteiger partial charge in [0.25, 0.3) is 5.91 Å². The van der Waals surface area contributed by atoms with Gasteiger partial charge in [-0.25, -0.2) is 0 Å². The van der Waals surface area contributed by atoms with E-state index >= 15 is 0 Å². The summed E-state index contributed by atoms with van der Waals surface area (Å²) in [6, 6.07) is 5.06. The van der Waals surface area contributed by atoms with E-state index in [1.54, 1.807) is 12.1 Å². The summed E-state index contributed by atoms with van der Waals surface area (Å²) in [6.45, 7) is 0. The van der Waals surface area contributed by atoms with Crippen LogP contribution in [0.2, 0.25) is 0 Å². The molecule has 0 aliphatic rings.